The van der Waals surface area contributed by atoms with Crippen molar-refractivity contribution in [1.82, 2.24) is 0 Å². The molecule has 2 unspecified atom stereocenters. The van der Waals surface area contributed by atoms with E-state index in [-0.39, 0.29) is 11.2 Å². The molecule has 0 spiro atoms. The summed E-state index contributed by atoms with van der Waals surface area (Å²) in [6.45, 7) is 11.9. The van der Waals surface area contributed by atoms with Gasteiger partial charge in [-0.15, -0.1) is 0 Å². The van der Waals surface area contributed by atoms with E-state index in [1.165, 1.54) is 0 Å². The lowest BCUT2D eigenvalue weighted by Crippen LogP contribution is -2.30. The molecule has 2 N–H and O–H groups in total. The minimum absolute atomic E-state index is 0.231. The van der Waals surface area contributed by atoms with E-state index in [0.717, 1.165) is 49.7 Å². The Morgan fingerprint density at radius 3 is 1.85 bits per heavy atom. The number of unbranched alkanes of at least 4 members (excludes halogenated alkanes) is 2. The van der Waals surface area contributed by atoms with E-state index in [1.54, 1.807) is 0 Å². The van der Waals surface area contributed by atoms with Crippen LogP contribution in [0.4, 0.5) is 0 Å². The normalized spacial score (nSPS) is 15.8. The van der Waals surface area contributed by atoms with Crippen molar-refractivity contribution in [2.75, 3.05) is 0 Å². The fraction of sp³-hybridized carbons (Fsp3) is 0.609. The molecule has 26 heavy (non-hydrogen) atoms. The van der Waals surface area contributed by atoms with Crippen molar-refractivity contribution in [3.63, 3.8) is 0 Å². The minimum Gasteiger partial charge on any atom is -0.512 e. The van der Waals surface area contributed by atoms with E-state index < -0.39 is 11.4 Å². The number of aliphatic hydroxyl groups is 1. The number of carboxylic acids is 1. The first-order valence-corrected chi connectivity index (χ1v) is 9.86. The van der Waals surface area contributed by atoms with Crippen LogP contribution in [0.2, 0.25) is 0 Å². The van der Waals surface area contributed by atoms with Crippen LogP contribution < -0.4 is 0 Å². The third-order valence-electron chi connectivity index (χ3n) is 5.56. The second-order valence-electron chi connectivity index (χ2n) is 8.25. The quantitative estimate of drug-likeness (QED) is 0.429. The smallest absolute Gasteiger partial charge is 0.309 e. The Morgan fingerprint density at radius 2 is 1.42 bits per heavy atom. The number of hydrogen-bond donors (Lipinski definition) is 2. The highest BCUT2D eigenvalue weighted by Crippen LogP contribution is 2.35. The fourth-order valence-electron chi connectivity index (χ4n) is 3.49. The lowest BCUT2D eigenvalue weighted by atomic mass is 9.76. The van der Waals surface area contributed by atoms with Crippen LogP contribution in [-0.4, -0.2) is 16.2 Å². The maximum Gasteiger partial charge on any atom is 0.309 e. The third-order valence-corrected chi connectivity index (χ3v) is 5.56. The molecule has 3 nitrogen and oxygen atoms in total. The van der Waals surface area contributed by atoms with Gasteiger partial charge >= 0.3 is 5.97 Å². The molecule has 0 amide bonds. The number of hydrogen-bond acceptors (Lipinski definition) is 2. The number of allylic oxidation sites excluding steroid dienone is 1. The summed E-state index contributed by atoms with van der Waals surface area (Å²) in [4.78, 5) is 11.8. The molecule has 2 atom stereocenters. The average molecular weight is 361 g/mol. The second kappa shape index (κ2) is 9.80. The molecule has 1 aromatic rings. The number of carboxylic acid groups (broad SMARTS) is 1. The Hall–Kier alpha value is -1.77. The maximum absolute atomic E-state index is 11.8. The Kier molecular flexibility index (Phi) is 8.39. The predicted molar refractivity (Wildman–Crippen MR) is 109 cm³/mol. The number of rotatable bonds is 12. The van der Waals surface area contributed by atoms with Crippen LogP contribution in [0.3, 0.4) is 0 Å². The van der Waals surface area contributed by atoms with Gasteiger partial charge < -0.3 is 10.2 Å². The molecule has 0 radical (unpaired) electrons. The summed E-state index contributed by atoms with van der Waals surface area (Å²) >= 11 is 0. The summed E-state index contributed by atoms with van der Waals surface area (Å²) in [7, 11) is 0. The minimum atomic E-state index is -0.735. The fourth-order valence-corrected chi connectivity index (χ4v) is 3.49. The Bertz CT molecular complexity index is 558. The molecule has 146 valence electrons. The van der Waals surface area contributed by atoms with Crippen molar-refractivity contribution in [3.05, 3.63) is 47.7 Å². The highest BCUT2D eigenvalue weighted by Gasteiger charge is 2.33. The predicted octanol–water partition coefficient (Wildman–Crippen LogP) is 6.32. The standard InChI is InChI=1S/C23H36O3/c1-6-8-13-22(4,18(3)24)16-19-11-10-12-20(15-19)17-23(5,21(25)26)14-9-7-2/h10-12,15,24H,3,6-9,13-14,16-17H2,1-2,4-5H3,(H,25,26). The van der Waals surface area contributed by atoms with Gasteiger partial charge in [0.05, 0.1) is 11.2 Å². The summed E-state index contributed by atoms with van der Waals surface area (Å²) in [6, 6.07) is 8.15. The first-order chi connectivity index (χ1) is 12.2. The molecule has 0 heterocycles. The van der Waals surface area contributed by atoms with E-state index in [2.05, 4.69) is 39.5 Å². The lowest BCUT2D eigenvalue weighted by molar-refractivity contribution is -0.148. The molecule has 0 aliphatic rings. The molecule has 0 saturated heterocycles. The van der Waals surface area contributed by atoms with E-state index in [0.29, 0.717) is 12.8 Å². The van der Waals surface area contributed by atoms with Crippen LogP contribution in [0.5, 0.6) is 0 Å². The molecule has 1 rings (SSSR count). The first kappa shape index (κ1) is 22.3. The molecule has 0 bridgehead atoms. The van der Waals surface area contributed by atoms with Crippen molar-refractivity contribution in [2.45, 2.75) is 79.1 Å². The zero-order valence-electron chi connectivity index (χ0n) is 17.0. The zero-order valence-corrected chi connectivity index (χ0v) is 17.0. The number of aliphatic hydroxyl groups excluding tert-OH is 1. The summed E-state index contributed by atoms with van der Waals surface area (Å²) < 4.78 is 0. The monoisotopic (exact) mass is 360 g/mol. The van der Waals surface area contributed by atoms with Gasteiger partial charge in [0.2, 0.25) is 0 Å². The molecule has 3 heteroatoms. The topological polar surface area (TPSA) is 57.5 Å². The highest BCUT2D eigenvalue weighted by molar-refractivity contribution is 5.74. The van der Waals surface area contributed by atoms with Gasteiger partial charge in [0, 0.05) is 5.41 Å². The van der Waals surface area contributed by atoms with E-state index >= 15 is 0 Å². The van der Waals surface area contributed by atoms with Crippen LogP contribution in [0.1, 0.15) is 77.3 Å². The molecule has 0 saturated carbocycles. The first-order valence-electron chi connectivity index (χ1n) is 9.86. The lowest BCUT2D eigenvalue weighted by Gasteiger charge is -2.29. The van der Waals surface area contributed by atoms with Gasteiger partial charge in [0.15, 0.2) is 0 Å². The van der Waals surface area contributed by atoms with Gasteiger partial charge in [-0.2, -0.15) is 0 Å². The van der Waals surface area contributed by atoms with Gasteiger partial charge in [-0.05, 0) is 43.7 Å². The van der Waals surface area contributed by atoms with Crippen LogP contribution >= 0.6 is 0 Å². The SMILES string of the molecule is C=C(O)C(C)(CCCC)Cc1cccc(CC(C)(CCCC)C(=O)O)c1. The van der Waals surface area contributed by atoms with Crippen molar-refractivity contribution < 1.29 is 15.0 Å². The Morgan fingerprint density at radius 1 is 0.962 bits per heavy atom. The number of aliphatic carboxylic acids is 1. The maximum atomic E-state index is 11.8. The summed E-state index contributed by atoms with van der Waals surface area (Å²) in [5.74, 6) is -0.498. The van der Waals surface area contributed by atoms with Gasteiger partial charge in [-0.25, -0.2) is 0 Å². The molecular weight excluding hydrogens is 324 g/mol. The molecule has 0 aromatic heterocycles. The van der Waals surface area contributed by atoms with E-state index in [9.17, 15) is 15.0 Å². The average Bonchev–Trinajstić information content (AvgIpc) is 2.58. The number of carbonyl (C=O) groups is 1. The van der Waals surface area contributed by atoms with Gasteiger partial charge in [-0.3, -0.25) is 4.79 Å². The van der Waals surface area contributed by atoms with Crippen molar-refractivity contribution in [3.8, 4) is 0 Å². The molecule has 0 fully saturated rings. The van der Waals surface area contributed by atoms with Crippen molar-refractivity contribution in [2.24, 2.45) is 10.8 Å². The summed E-state index contributed by atoms with van der Waals surface area (Å²) in [6.07, 6.45) is 6.87. The van der Waals surface area contributed by atoms with Crippen LogP contribution in [0, 0.1) is 10.8 Å². The second-order valence-corrected chi connectivity index (χ2v) is 8.25. The van der Waals surface area contributed by atoms with Crippen LogP contribution in [0.15, 0.2) is 36.6 Å². The zero-order chi connectivity index (χ0) is 19.8. The molecular formula is C23H36O3. The Labute approximate surface area is 159 Å². The van der Waals surface area contributed by atoms with Gasteiger partial charge in [0.25, 0.3) is 0 Å². The Balaban J connectivity index is 2.99. The molecule has 0 aliphatic heterocycles. The van der Waals surface area contributed by atoms with Crippen molar-refractivity contribution in [1.29, 1.82) is 0 Å². The number of benzene rings is 1. The summed E-state index contributed by atoms with van der Waals surface area (Å²) in [5.41, 5.74) is 1.10. The van der Waals surface area contributed by atoms with E-state index in [4.69, 9.17) is 0 Å². The van der Waals surface area contributed by atoms with E-state index in [1.807, 2.05) is 19.1 Å². The van der Waals surface area contributed by atoms with Crippen LogP contribution in [0.25, 0.3) is 0 Å². The van der Waals surface area contributed by atoms with Crippen molar-refractivity contribution >= 4 is 5.97 Å². The third kappa shape index (κ3) is 6.19. The highest BCUT2D eigenvalue weighted by atomic mass is 16.4. The molecule has 0 aliphatic carbocycles. The van der Waals surface area contributed by atoms with Gasteiger partial charge in [-0.1, -0.05) is 77.3 Å². The largest absolute Gasteiger partial charge is 0.512 e. The molecule has 1 aromatic carbocycles. The van der Waals surface area contributed by atoms with Gasteiger partial charge in [0.1, 0.15) is 0 Å². The van der Waals surface area contributed by atoms with Crippen LogP contribution in [-0.2, 0) is 17.6 Å². The summed E-state index contributed by atoms with van der Waals surface area (Å²) in [5, 5.41) is 19.8.